The Morgan fingerprint density at radius 2 is 1.65 bits per heavy atom. The van der Waals surface area contributed by atoms with Crippen molar-refractivity contribution in [2.45, 2.75) is 5.41 Å². The lowest BCUT2D eigenvalue weighted by molar-refractivity contribution is -0.121. The third-order valence-corrected chi connectivity index (χ3v) is 6.98. The lowest BCUT2D eigenvalue weighted by Crippen LogP contribution is -2.41. The molecular formula is C27H19NO6. The van der Waals surface area contributed by atoms with Gasteiger partial charge in [0.2, 0.25) is 5.91 Å². The summed E-state index contributed by atoms with van der Waals surface area (Å²) >= 11 is 0. The van der Waals surface area contributed by atoms with Gasteiger partial charge in [-0.2, -0.15) is 0 Å². The Balaban J connectivity index is 1.49. The molecule has 34 heavy (non-hydrogen) atoms. The molecule has 0 fully saturated rings. The summed E-state index contributed by atoms with van der Waals surface area (Å²) in [6, 6.07) is 18.5. The number of anilines is 1. The normalized spacial score (nSPS) is 19.9. The van der Waals surface area contributed by atoms with Crippen molar-refractivity contribution < 1.29 is 23.4 Å². The van der Waals surface area contributed by atoms with Crippen LogP contribution in [0.3, 0.4) is 0 Å². The zero-order valence-corrected chi connectivity index (χ0v) is 18.3. The molecule has 1 atom stereocenters. The number of rotatable bonds is 1. The molecule has 0 saturated heterocycles. The Hall–Kier alpha value is -4.26. The van der Waals surface area contributed by atoms with Gasteiger partial charge < -0.3 is 23.5 Å². The maximum absolute atomic E-state index is 13.9. The van der Waals surface area contributed by atoms with E-state index in [1.807, 2.05) is 48.5 Å². The number of amides is 1. The summed E-state index contributed by atoms with van der Waals surface area (Å²) in [5.74, 6) is 1.80. The first-order valence-corrected chi connectivity index (χ1v) is 11.1. The largest absolute Gasteiger partial charge is 0.491 e. The minimum Gasteiger partial charge on any atom is -0.491 e. The fourth-order valence-electron chi connectivity index (χ4n) is 5.41. The molecule has 3 aromatic carbocycles. The summed E-state index contributed by atoms with van der Waals surface area (Å²) in [4.78, 5) is 27.4. The molecule has 1 unspecified atom stereocenters. The van der Waals surface area contributed by atoms with Crippen LogP contribution in [-0.2, 0) is 10.2 Å². The van der Waals surface area contributed by atoms with E-state index in [0.29, 0.717) is 36.0 Å². The van der Waals surface area contributed by atoms with Gasteiger partial charge in [-0.05, 0) is 35.4 Å². The SMILES string of the molecule is CN1C(=O)C2(COc3cc4c(cc32)OCCO4)c2c(-c3ccc4ccc(=O)oc4c3)cccc21. The monoisotopic (exact) mass is 453 g/mol. The maximum Gasteiger partial charge on any atom is 0.336 e. The minimum atomic E-state index is -1.02. The molecule has 1 spiro atoms. The molecule has 7 rings (SSSR count). The Kier molecular flexibility index (Phi) is 3.75. The molecule has 0 N–H and O–H groups in total. The average Bonchev–Trinajstić information content (AvgIpc) is 3.34. The van der Waals surface area contributed by atoms with Crippen LogP contribution in [0.4, 0.5) is 5.69 Å². The standard InChI is InChI=1S/C27H19NO6/c1-28-19-4-2-3-17(16-6-5-15-7-8-24(29)34-20(15)11-16)25(19)27(26(28)30)14-33-21-13-23-22(12-18(21)27)31-9-10-32-23/h2-8,11-13H,9-10,14H2,1H3. The second-order valence-corrected chi connectivity index (χ2v) is 8.76. The van der Waals surface area contributed by atoms with Crippen molar-refractivity contribution in [3.05, 3.63) is 82.2 Å². The molecule has 4 heterocycles. The molecular weight excluding hydrogens is 434 g/mol. The van der Waals surface area contributed by atoms with Gasteiger partial charge in [0.15, 0.2) is 11.5 Å². The number of fused-ring (bicyclic) bond motifs is 6. The van der Waals surface area contributed by atoms with Crippen molar-refractivity contribution in [2.24, 2.45) is 0 Å². The van der Waals surface area contributed by atoms with E-state index in [-0.39, 0.29) is 12.5 Å². The molecule has 1 amide bonds. The van der Waals surface area contributed by atoms with Gasteiger partial charge in [0.05, 0.1) is 0 Å². The van der Waals surface area contributed by atoms with Crippen molar-refractivity contribution in [1.29, 1.82) is 0 Å². The first kappa shape index (κ1) is 19.2. The Labute approximate surface area is 194 Å². The van der Waals surface area contributed by atoms with Crippen LogP contribution in [0.25, 0.3) is 22.1 Å². The van der Waals surface area contributed by atoms with Crippen LogP contribution in [0.1, 0.15) is 11.1 Å². The highest BCUT2D eigenvalue weighted by Crippen LogP contribution is 2.56. The number of likely N-dealkylation sites (N-methyl/N-ethyl adjacent to an activating group) is 1. The molecule has 7 heteroatoms. The molecule has 0 saturated carbocycles. The molecule has 7 nitrogen and oxygen atoms in total. The molecule has 168 valence electrons. The number of carbonyl (C=O) groups excluding carboxylic acids is 1. The van der Waals surface area contributed by atoms with Gasteiger partial charge in [-0.1, -0.05) is 24.3 Å². The first-order valence-electron chi connectivity index (χ1n) is 11.1. The van der Waals surface area contributed by atoms with E-state index in [9.17, 15) is 9.59 Å². The molecule has 4 aromatic rings. The molecule has 0 aliphatic carbocycles. The summed E-state index contributed by atoms with van der Waals surface area (Å²) in [6.45, 7) is 1.11. The number of ether oxygens (including phenoxy) is 3. The fraction of sp³-hybridized carbons (Fsp3) is 0.185. The molecule has 3 aliphatic heterocycles. The summed E-state index contributed by atoms with van der Waals surface area (Å²) in [7, 11) is 1.79. The predicted molar refractivity (Wildman–Crippen MR) is 125 cm³/mol. The second-order valence-electron chi connectivity index (χ2n) is 8.76. The summed E-state index contributed by atoms with van der Waals surface area (Å²) in [5.41, 5.74) is 3.28. The van der Waals surface area contributed by atoms with Crippen LogP contribution in [-0.4, -0.2) is 32.8 Å². The van der Waals surface area contributed by atoms with Crippen molar-refractivity contribution in [3.63, 3.8) is 0 Å². The van der Waals surface area contributed by atoms with Gasteiger partial charge in [0.1, 0.15) is 36.6 Å². The highest BCUT2D eigenvalue weighted by Gasteiger charge is 2.57. The lowest BCUT2D eigenvalue weighted by Gasteiger charge is -2.25. The highest BCUT2D eigenvalue weighted by atomic mass is 16.6. The Morgan fingerprint density at radius 1 is 0.853 bits per heavy atom. The van der Waals surface area contributed by atoms with E-state index in [4.69, 9.17) is 18.6 Å². The van der Waals surface area contributed by atoms with E-state index in [0.717, 1.165) is 33.3 Å². The zero-order valence-electron chi connectivity index (χ0n) is 18.3. The minimum absolute atomic E-state index is 0.0577. The number of benzene rings is 3. The fourth-order valence-corrected chi connectivity index (χ4v) is 5.41. The summed E-state index contributed by atoms with van der Waals surface area (Å²) in [5, 5.41) is 0.831. The van der Waals surface area contributed by atoms with Crippen LogP contribution in [0.15, 0.2) is 69.9 Å². The van der Waals surface area contributed by atoms with Gasteiger partial charge in [-0.25, -0.2) is 4.79 Å². The molecule has 0 radical (unpaired) electrons. The summed E-state index contributed by atoms with van der Waals surface area (Å²) in [6.07, 6.45) is 0. The number of nitrogens with zero attached hydrogens (tertiary/aromatic N) is 1. The lowest BCUT2D eigenvalue weighted by atomic mass is 9.74. The van der Waals surface area contributed by atoms with Crippen molar-refractivity contribution in [2.75, 3.05) is 31.8 Å². The predicted octanol–water partition coefficient (Wildman–Crippen LogP) is 3.89. The van der Waals surface area contributed by atoms with Crippen molar-refractivity contribution in [1.82, 2.24) is 0 Å². The molecule has 3 aliphatic rings. The second kappa shape index (κ2) is 6.63. The van der Waals surface area contributed by atoms with Gasteiger partial charge in [-0.15, -0.1) is 0 Å². The van der Waals surface area contributed by atoms with E-state index in [1.54, 1.807) is 18.0 Å². The van der Waals surface area contributed by atoms with Gasteiger partial charge in [0, 0.05) is 41.4 Å². The maximum atomic E-state index is 13.9. The quantitative estimate of drug-likeness (QED) is 0.407. The van der Waals surface area contributed by atoms with Gasteiger partial charge in [0.25, 0.3) is 0 Å². The zero-order chi connectivity index (χ0) is 23.0. The van der Waals surface area contributed by atoms with Crippen LogP contribution < -0.4 is 24.7 Å². The third kappa shape index (κ3) is 2.41. The average molecular weight is 453 g/mol. The van der Waals surface area contributed by atoms with Gasteiger partial charge in [-0.3, -0.25) is 4.79 Å². The van der Waals surface area contributed by atoms with E-state index < -0.39 is 11.0 Å². The van der Waals surface area contributed by atoms with Crippen LogP contribution in [0.2, 0.25) is 0 Å². The number of hydrogen-bond acceptors (Lipinski definition) is 6. The van der Waals surface area contributed by atoms with E-state index in [2.05, 4.69) is 0 Å². The molecule has 1 aromatic heterocycles. The number of hydrogen-bond donors (Lipinski definition) is 0. The topological polar surface area (TPSA) is 78.2 Å². The highest BCUT2D eigenvalue weighted by molar-refractivity contribution is 6.13. The van der Waals surface area contributed by atoms with E-state index in [1.165, 1.54) is 6.07 Å². The van der Waals surface area contributed by atoms with Crippen LogP contribution in [0.5, 0.6) is 17.2 Å². The smallest absolute Gasteiger partial charge is 0.336 e. The van der Waals surface area contributed by atoms with Crippen molar-refractivity contribution >= 4 is 22.6 Å². The van der Waals surface area contributed by atoms with Gasteiger partial charge >= 0.3 is 5.63 Å². The van der Waals surface area contributed by atoms with Crippen LogP contribution >= 0.6 is 0 Å². The Bertz CT molecular complexity index is 1590. The Morgan fingerprint density at radius 3 is 2.50 bits per heavy atom. The summed E-state index contributed by atoms with van der Waals surface area (Å²) < 4.78 is 23.1. The van der Waals surface area contributed by atoms with Crippen molar-refractivity contribution in [3.8, 4) is 28.4 Å². The van der Waals surface area contributed by atoms with E-state index >= 15 is 0 Å². The third-order valence-electron chi connectivity index (χ3n) is 6.98. The number of carbonyl (C=O) groups is 1. The van der Waals surface area contributed by atoms with Crippen LogP contribution in [0, 0.1) is 0 Å². The molecule has 0 bridgehead atoms. The first-order chi connectivity index (χ1) is 16.6.